The highest BCUT2D eigenvalue weighted by Gasteiger charge is 2.22. The molecule has 1 N–H and O–H groups in total. The summed E-state index contributed by atoms with van der Waals surface area (Å²) < 4.78 is 12.0. The molecule has 0 fully saturated rings. The van der Waals surface area contributed by atoms with Crippen LogP contribution >= 0.6 is 0 Å². The Bertz CT molecular complexity index is 791. The zero-order valence-corrected chi connectivity index (χ0v) is 16.1. The van der Waals surface area contributed by atoms with Crippen LogP contribution in [0.15, 0.2) is 10.6 Å². The summed E-state index contributed by atoms with van der Waals surface area (Å²) in [6, 6.07) is 1.59. The molecule has 8 nitrogen and oxygen atoms in total. The molecule has 1 atom stereocenters. The van der Waals surface area contributed by atoms with Crippen molar-refractivity contribution < 1.29 is 18.8 Å². The Morgan fingerprint density at radius 2 is 1.96 bits per heavy atom. The van der Waals surface area contributed by atoms with Crippen LogP contribution in [0.3, 0.4) is 0 Å². The number of carbonyl (C=O) groups excluding carboxylic acids is 2. The second-order valence-corrected chi connectivity index (χ2v) is 6.85. The van der Waals surface area contributed by atoms with Crippen molar-refractivity contribution in [1.29, 1.82) is 0 Å². The predicted octanol–water partition coefficient (Wildman–Crippen LogP) is 2.57. The minimum absolute atomic E-state index is 0.0798. The number of ether oxygens (including phenoxy) is 1. The molecule has 2 aromatic rings. The van der Waals surface area contributed by atoms with E-state index in [0.29, 0.717) is 11.7 Å². The van der Waals surface area contributed by atoms with Crippen LogP contribution in [0.25, 0.3) is 0 Å². The van der Waals surface area contributed by atoms with Crippen molar-refractivity contribution in [2.45, 2.75) is 60.6 Å². The first-order valence-corrected chi connectivity index (χ1v) is 8.64. The Kier molecular flexibility index (Phi) is 6.18. The lowest BCUT2D eigenvalue weighted by atomic mass is 10.1. The standard InChI is InChI=1S/C18H26N4O4/c1-10(2)9-22-13(5)15(12(4)20-22)8-17(23)25-14(6)18(24)19-16-7-11(3)26-21-16/h7,10,14H,8-9H2,1-6H3,(H,19,21,24)/t14-/m0/s1. The molecular weight excluding hydrogens is 336 g/mol. The van der Waals surface area contributed by atoms with Crippen molar-refractivity contribution in [3.63, 3.8) is 0 Å². The van der Waals surface area contributed by atoms with Gasteiger partial charge in [0.15, 0.2) is 11.9 Å². The number of hydrogen-bond donors (Lipinski definition) is 1. The molecule has 2 rings (SSSR count). The molecule has 0 radical (unpaired) electrons. The van der Waals surface area contributed by atoms with Gasteiger partial charge in [-0.25, -0.2) is 0 Å². The van der Waals surface area contributed by atoms with Gasteiger partial charge in [0.05, 0.1) is 12.1 Å². The van der Waals surface area contributed by atoms with Gasteiger partial charge < -0.3 is 14.6 Å². The third-order valence-electron chi connectivity index (χ3n) is 3.95. The smallest absolute Gasteiger partial charge is 0.311 e. The summed E-state index contributed by atoms with van der Waals surface area (Å²) >= 11 is 0. The SMILES string of the molecule is Cc1cc(NC(=O)[C@H](C)OC(=O)Cc2c(C)nn(CC(C)C)c2C)no1. The van der Waals surface area contributed by atoms with Gasteiger partial charge in [0.25, 0.3) is 5.91 Å². The minimum Gasteiger partial charge on any atom is -0.452 e. The zero-order chi connectivity index (χ0) is 19.4. The first-order chi connectivity index (χ1) is 12.2. The van der Waals surface area contributed by atoms with Gasteiger partial charge >= 0.3 is 5.97 Å². The predicted molar refractivity (Wildman–Crippen MR) is 95.7 cm³/mol. The molecule has 0 bridgehead atoms. The summed E-state index contributed by atoms with van der Waals surface area (Å²) in [6.45, 7) is 12.1. The average Bonchev–Trinajstić information content (AvgIpc) is 3.05. The minimum atomic E-state index is -0.939. The van der Waals surface area contributed by atoms with E-state index in [4.69, 9.17) is 9.26 Å². The highest BCUT2D eigenvalue weighted by Crippen LogP contribution is 2.16. The number of nitrogens with one attached hydrogen (secondary N) is 1. The number of aromatic nitrogens is 3. The molecule has 0 spiro atoms. The molecule has 0 aliphatic rings. The summed E-state index contributed by atoms with van der Waals surface area (Å²) in [5.74, 6) is 0.387. The Hall–Kier alpha value is -2.64. The van der Waals surface area contributed by atoms with Crippen LogP contribution in [0.2, 0.25) is 0 Å². The summed E-state index contributed by atoms with van der Waals surface area (Å²) in [5.41, 5.74) is 2.59. The quantitative estimate of drug-likeness (QED) is 0.760. The lowest BCUT2D eigenvalue weighted by Crippen LogP contribution is -2.30. The van der Waals surface area contributed by atoms with Crippen molar-refractivity contribution in [3.8, 4) is 0 Å². The molecule has 142 valence electrons. The van der Waals surface area contributed by atoms with Gasteiger partial charge in [-0.1, -0.05) is 19.0 Å². The monoisotopic (exact) mass is 362 g/mol. The van der Waals surface area contributed by atoms with E-state index < -0.39 is 18.0 Å². The van der Waals surface area contributed by atoms with Gasteiger partial charge in [0, 0.05) is 23.9 Å². The molecule has 0 aliphatic carbocycles. The Morgan fingerprint density at radius 3 is 2.54 bits per heavy atom. The van der Waals surface area contributed by atoms with E-state index in [-0.39, 0.29) is 12.2 Å². The maximum absolute atomic E-state index is 12.2. The molecule has 0 aromatic carbocycles. The Balaban J connectivity index is 1.95. The largest absolute Gasteiger partial charge is 0.452 e. The highest BCUT2D eigenvalue weighted by atomic mass is 16.5. The molecule has 8 heteroatoms. The Labute approximate surface area is 152 Å². The van der Waals surface area contributed by atoms with Crippen molar-refractivity contribution >= 4 is 17.7 Å². The number of hydrogen-bond acceptors (Lipinski definition) is 6. The zero-order valence-electron chi connectivity index (χ0n) is 16.1. The molecule has 0 aliphatic heterocycles. The summed E-state index contributed by atoms with van der Waals surface area (Å²) in [4.78, 5) is 24.3. The van der Waals surface area contributed by atoms with Crippen LogP contribution in [-0.4, -0.2) is 32.9 Å². The van der Waals surface area contributed by atoms with Gasteiger partial charge in [-0.05, 0) is 33.6 Å². The summed E-state index contributed by atoms with van der Waals surface area (Å²) in [7, 11) is 0. The van der Waals surface area contributed by atoms with Gasteiger partial charge in [-0.15, -0.1) is 0 Å². The molecule has 1 amide bonds. The van der Waals surface area contributed by atoms with E-state index in [9.17, 15) is 9.59 Å². The molecule has 0 saturated carbocycles. The van der Waals surface area contributed by atoms with Crippen LogP contribution in [-0.2, 0) is 27.3 Å². The number of aryl methyl sites for hydroxylation is 2. The van der Waals surface area contributed by atoms with Gasteiger partial charge in [0.1, 0.15) is 5.76 Å². The number of carbonyl (C=O) groups is 2. The number of amides is 1. The normalized spacial score (nSPS) is 12.3. The van der Waals surface area contributed by atoms with Crippen molar-refractivity contribution in [1.82, 2.24) is 14.9 Å². The van der Waals surface area contributed by atoms with E-state index in [0.717, 1.165) is 23.5 Å². The number of rotatable bonds is 7. The lowest BCUT2D eigenvalue weighted by Gasteiger charge is -2.12. The summed E-state index contributed by atoms with van der Waals surface area (Å²) in [6.07, 6.45) is -0.859. The lowest BCUT2D eigenvalue weighted by molar-refractivity contribution is -0.152. The molecule has 2 aromatic heterocycles. The topological polar surface area (TPSA) is 99.2 Å². The number of esters is 1. The molecule has 0 saturated heterocycles. The van der Waals surface area contributed by atoms with E-state index >= 15 is 0 Å². The highest BCUT2D eigenvalue weighted by molar-refractivity contribution is 5.94. The van der Waals surface area contributed by atoms with E-state index in [1.54, 1.807) is 13.0 Å². The Morgan fingerprint density at radius 1 is 1.27 bits per heavy atom. The fourth-order valence-corrected chi connectivity index (χ4v) is 2.60. The first-order valence-electron chi connectivity index (χ1n) is 8.64. The average molecular weight is 362 g/mol. The fourth-order valence-electron chi connectivity index (χ4n) is 2.60. The second-order valence-electron chi connectivity index (χ2n) is 6.85. The molecule has 2 heterocycles. The van der Waals surface area contributed by atoms with Crippen LogP contribution in [0.5, 0.6) is 0 Å². The third-order valence-corrected chi connectivity index (χ3v) is 3.95. The van der Waals surface area contributed by atoms with Gasteiger partial charge in [-0.2, -0.15) is 5.10 Å². The van der Waals surface area contributed by atoms with Crippen molar-refractivity contribution in [2.75, 3.05) is 5.32 Å². The molecule has 0 unspecified atom stereocenters. The van der Waals surface area contributed by atoms with Crippen LogP contribution in [0, 0.1) is 26.7 Å². The van der Waals surface area contributed by atoms with Crippen LogP contribution < -0.4 is 5.32 Å². The fraction of sp³-hybridized carbons (Fsp3) is 0.556. The first kappa shape index (κ1) is 19.7. The molecule has 26 heavy (non-hydrogen) atoms. The number of anilines is 1. The molecular formula is C18H26N4O4. The number of nitrogens with zero attached hydrogens (tertiary/aromatic N) is 3. The van der Waals surface area contributed by atoms with Gasteiger partial charge in [-0.3, -0.25) is 14.3 Å². The van der Waals surface area contributed by atoms with Crippen LogP contribution in [0.4, 0.5) is 5.82 Å². The van der Waals surface area contributed by atoms with Crippen molar-refractivity contribution in [2.24, 2.45) is 5.92 Å². The van der Waals surface area contributed by atoms with Gasteiger partial charge in [0.2, 0.25) is 0 Å². The van der Waals surface area contributed by atoms with Crippen molar-refractivity contribution in [3.05, 3.63) is 28.8 Å². The summed E-state index contributed by atoms with van der Waals surface area (Å²) in [5, 5.41) is 10.7. The maximum Gasteiger partial charge on any atom is 0.311 e. The second kappa shape index (κ2) is 8.16. The third kappa shape index (κ3) is 4.93. The van der Waals surface area contributed by atoms with E-state index in [1.807, 2.05) is 18.5 Å². The van der Waals surface area contributed by atoms with Crippen LogP contribution in [0.1, 0.15) is 43.5 Å². The van der Waals surface area contributed by atoms with E-state index in [1.165, 1.54) is 6.92 Å². The van der Waals surface area contributed by atoms with E-state index in [2.05, 4.69) is 29.4 Å². The maximum atomic E-state index is 12.2.